The Morgan fingerprint density at radius 3 is 2.88 bits per heavy atom. The number of primary amides is 1. The summed E-state index contributed by atoms with van der Waals surface area (Å²) in [7, 11) is 0. The number of halogens is 1. The molecule has 6 nitrogen and oxygen atoms in total. The maximum Gasteiger partial charge on any atom is 0.265 e. The summed E-state index contributed by atoms with van der Waals surface area (Å²) in [5.41, 5.74) is 6.85. The summed E-state index contributed by atoms with van der Waals surface area (Å²) >= 11 is 2.58. The molecule has 0 spiro atoms. The van der Waals surface area contributed by atoms with E-state index in [1.807, 2.05) is 0 Å². The molecule has 0 fully saturated rings. The molecule has 0 atom stereocenters. The fourth-order valence-electron chi connectivity index (χ4n) is 2.15. The number of rotatable bonds is 7. The zero-order valence-corrected chi connectivity index (χ0v) is 15.1. The van der Waals surface area contributed by atoms with Gasteiger partial charge in [0.15, 0.2) is 5.13 Å². The highest BCUT2D eigenvalue weighted by atomic mass is 32.2. The second-order valence-corrected chi connectivity index (χ2v) is 7.28. The number of benzene rings is 1. The summed E-state index contributed by atoms with van der Waals surface area (Å²) in [5.74, 6) is -0.566. The molecule has 2 amide bonds. The van der Waals surface area contributed by atoms with Crippen LogP contribution in [0.2, 0.25) is 0 Å². The molecule has 0 bridgehead atoms. The Kier molecular flexibility index (Phi) is 5.69. The molecule has 3 aromatic rings. The van der Waals surface area contributed by atoms with E-state index in [9.17, 15) is 14.0 Å². The fraction of sp³-hybridized carbons (Fsp3) is 0.118. The van der Waals surface area contributed by atoms with Crippen molar-refractivity contribution in [3.05, 3.63) is 53.4 Å². The highest BCUT2D eigenvalue weighted by Gasteiger charge is 2.11. The van der Waals surface area contributed by atoms with Gasteiger partial charge in [0, 0.05) is 34.2 Å². The molecule has 3 rings (SSSR count). The maximum atomic E-state index is 13.5. The van der Waals surface area contributed by atoms with E-state index in [4.69, 9.17) is 5.73 Å². The lowest BCUT2D eigenvalue weighted by atomic mass is 10.2. The lowest BCUT2D eigenvalue weighted by molar-refractivity contribution is -0.115. The molecule has 0 saturated heterocycles. The predicted octanol–water partition coefficient (Wildman–Crippen LogP) is 3.50. The number of carbonyl (C=O) groups excluding carboxylic acids is 2. The number of hydrogen-bond acceptors (Lipinski definition) is 5. The van der Waals surface area contributed by atoms with Crippen molar-refractivity contribution in [2.24, 2.45) is 5.73 Å². The van der Waals surface area contributed by atoms with Crippen molar-refractivity contribution in [3.63, 3.8) is 0 Å². The van der Waals surface area contributed by atoms with E-state index in [1.54, 1.807) is 35.8 Å². The van der Waals surface area contributed by atoms with Gasteiger partial charge in [0.2, 0.25) is 5.91 Å². The summed E-state index contributed by atoms with van der Waals surface area (Å²) in [6.07, 6.45) is 1.87. The molecule has 4 N–H and O–H groups in total. The van der Waals surface area contributed by atoms with E-state index < -0.39 is 5.91 Å². The third-order valence-electron chi connectivity index (χ3n) is 3.42. The van der Waals surface area contributed by atoms with Crippen LogP contribution in [0, 0.1) is 5.82 Å². The minimum absolute atomic E-state index is 0.193. The van der Waals surface area contributed by atoms with Gasteiger partial charge < -0.3 is 16.0 Å². The monoisotopic (exact) mass is 390 g/mol. The minimum atomic E-state index is -0.549. The maximum absolute atomic E-state index is 13.5. The van der Waals surface area contributed by atoms with E-state index in [0.717, 1.165) is 0 Å². The van der Waals surface area contributed by atoms with Gasteiger partial charge in [-0.15, -0.1) is 23.1 Å². The second kappa shape index (κ2) is 8.15. The SMILES string of the molecule is NC(=O)c1cc(-c2csc(NC(=O)CCSc3ccccc3F)n2)c[nH]1. The molecule has 26 heavy (non-hydrogen) atoms. The Morgan fingerprint density at radius 1 is 1.35 bits per heavy atom. The van der Waals surface area contributed by atoms with Gasteiger partial charge in [0.05, 0.1) is 5.69 Å². The van der Waals surface area contributed by atoms with E-state index in [2.05, 4.69) is 15.3 Å². The van der Waals surface area contributed by atoms with Gasteiger partial charge in [0.1, 0.15) is 11.5 Å². The van der Waals surface area contributed by atoms with Crippen molar-refractivity contribution in [1.29, 1.82) is 0 Å². The van der Waals surface area contributed by atoms with Gasteiger partial charge in [-0.25, -0.2) is 9.37 Å². The summed E-state index contributed by atoms with van der Waals surface area (Å²) in [4.78, 5) is 30.7. The van der Waals surface area contributed by atoms with E-state index in [-0.39, 0.29) is 18.1 Å². The fourth-order valence-corrected chi connectivity index (χ4v) is 3.77. The van der Waals surface area contributed by atoms with Crippen LogP contribution in [0.5, 0.6) is 0 Å². The molecule has 0 unspecified atom stereocenters. The van der Waals surface area contributed by atoms with E-state index >= 15 is 0 Å². The number of thiazole rings is 1. The van der Waals surface area contributed by atoms with Crippen LogP contribution in [-0.2, 0) is 4.79 Å². The molecule has 134 valence electrons. The van der Waals surface area contributed by atoms with Crippen molar-refractivity contribution in [1.82, 2.24) is 9.97 Å². The average Bonchev–Trinajstić information content (AvgIpc) is 3.25. The number of nitrogens with two attached hydrogens (primary N) is 1. The lowest BCUT2D eigenvalue weighted by Crippen LogP contribution is -2.12. The number of thioether (sulfide) groups is 1. The van der Waals surface area contributed by atoms with Gasteiger partial charge in [-0.2, -0.15) is 0 Å². The van der Waals surface area contributed by atoms with Crippen molar-refractivity contribution < 1.29 is 14.0 Å². The quantitative estimate of drug-likeness (QED) is 0.538. The van der Waals surface area contributed by atoms with Crippen LogP contribution in [0.3, 0.4) is 0 Å². The Balaban J connectivity index is 1.52. The molecule has 0 aliphatic heterocycles. The van der Waals surface area contributed by atoms with Gasteiger partial charge >= 0.3 is 0 Å². The number of carbonyl (C=O) groups is 2. The number of anilines is 1. The average molecular weight is 390 g/mol. The first kappa shape index (κ1) is 18.2. The van der Waals surface area contributed by atoms with E-state index in [0.29, 0.717) is 32.7 Å². The highest BCUT2D eigenvalue weighted by Crippen LogP contribution is 2.26. The summed E-state index contributed by atoms with van der Waals surface area (Å²) in [6.45, 7) is 0. The molecule has 0 saturated carbocycles. The Hall–Kier alpha value is -2.65. The number of nitrogens with zero attached hydrogens (tertiary/aromatic N) is 1. The van der Waals surface area contributed by atoms with Crippen LogP contribution in [-0.4, -0.2) is 27.5 Å². The predicted molar refractivity (Wildman–Crippen MR) is 101 cm³/mol. The molecular weight excluding hydrogens is 375 g/mol. The van der Waals surface area contributed by atoms with Crippen molar-refractivity contribution in [3.8, 4) is 11.3 Å². The summed E-state index contributed by atoms with van der Waals surface area (Å²) in [5, 5.41) is 4.96. The topological polar surface area (TPSA) is 101 Å². The van der Waals surface area contributed by atoms with Gasteiger partial charge in [-0.3, -0.25) is 9.59 Å². The standard InChI is InChI=1S/C17H15FN4O2S2/c18-11-3-1-2-4-14(11)25-6-5-15(23)22-17-21-13(9-26-17)10-7-12(16(19)24)20-8-10/h1-4,7-9,20H,5-6H2,(H2,19,24)(H,21,22,23). The van der Waals surface area contributed by atoms with Crippen LogP contribution in [0.4, 0.5) is 9.52 Å². The number of aromatic amines is 1. The first-order chi connectivity index (χ1) is 12.5. The first-order valence-corrected chi connectivity index (χ1v) is 9.51. The molecular formula is C17H15FN4O2S2. The number of aromatic nitrogens is 2. The van der Waals surface area contributed by atoms with Crippen molar-refractivity contribution in [2.75, 3.05) is 11.1 Å². The second-order valence-electron chi connectivity index (χ2n) is 5.28. The molecule has 0 aliphatic carbocycles. The molecule has 0 aliphatic rings. The molecule has 2 heterocycles. The smallest absolute Gasteiger partial charge is 0.265 e. The van der Waals surface area contributed by atoms with Crippen LogP contribution < -0.4 is 11.1 Å². The zero-order chi connectivity index (χ0) is 18.5. The van der Waals surface area contributed by atoms with Crippen LogP contribution in [0.1, 0.15) is 16.9 Å². The molecule has 0 radical (unpaired) electrons. The normalized spacial score (nSPS) is 10.7. The Morgan fingerprint density at radius 2 is 2.15 bits per heavy atom. The number of hydrogen-bond donors (Lipinski definition) is 3. The number of nitrogens with one attached hydrogen (secondary N) is 2. The molecule has 2 aromatic heterocycles. The summed E-state index contributed by atoms with van der Waals surface area (Å²) in [6, 6.07) is 8.07. The van der Waals surface area contributed by atoms with Gasteiger partial charge in [0.25, 0.3) is 5.91 Å². The summed E-state index contributed by atoms with van der Waals surface area (Å²) < 4.78 is 13.5. The van der Waals surface area contributed by atoms with E-state index in [1.165, 1.54) is 29.2 Å². The third-order valence-corrected chi connectivity index (χ3v) is 5.23. The molecule has 9 heteroatoms. The van der Waals surface area contributed by atoms with Gasteiger partial charge in [-0.05, 0) is 18.2 Å². The van der Waals surface area contributed by atoms with Crippen LogP contribution in [0.25, 0.3) is 11.3 Å². The largest absolute Gasteiger partial charge is 0.364 e. The number of amides is 2. The van der Waals surface area contributed by atoms with Crippen LogP contribution in [0.15, 0.2) is 46.8 Å². The first-order valence-electron chi connectivity index (χ1n) is 7.64. The molecule has 1 aromatic carbocycles. The highest BCUT2D eigenvalue weighted by molar-refractivity contribution is 7.99. The lowest BCUT2D eigenvalue weighted by Gasteiger charge is -2.03. The Labute approximate surface area is 157 Å². The Bertz CT molecular complexity index is 938. The minimum Gasteiger partial charge on any atom is -0.364 e. The number of H-pyrrole nitrogens is 1. The third kappa shape index (κ3) is 4.50. The zero-order valence-electron chi connectivity index (χ0n) is 13.5. The van der Waals surface area contributed by atoms with Crippen molar-refractivity contribution in [2.45, 2.75) is 11.3 Å². The van der Waals surface area contributed by atoms with Crippen molar-refractivity contribution >= 4 is 40.0 Å². The van der Waals surface area contributed by atoms with Crippen LogP contribution >= 0.6 is 23.1 Å². The van der Waals surface area contributed by atoms with Gasteiger partial charge in [-0.1, -0.05) is 12.1 Å².